The number of hydrogen-bond donors (Lipinski definition) is 1. The summed E-state index contributed by atoms with van der Waals surface area (Å²) in [5.74, 6) is -1.52. The SMILES string of the molecule is CN(C)CCn1ncc(Cl)c1C(O)c1ccc(F)cc1F. The molecule has 0 aliphatic rings. The molecule has 0 saturated heterocycles. The summed E-state index contributed by atoms with van der Waals surface area (Å²) in [5, 5.41) is 14.7. The number of aliphatic hydroxyl groups excluding tert-OH is 1. The summed E-state index contributed by atoms with van der Waals surface area (Å²) in [5.41, 5.74) is 0.258. The highest BCUT2D eigenvalue weighted by molar-refractivity contribution is 6.31. The number of halogens is 3. The number of benzene rings is 1. The lowest BCUT2D eigenvalue weighted by atomic mass is 10.1. The fourth-order valence-corrected chi connectivity index (χ4v) is 2.23. The standard InChI is InChI=1S/C14H16ClF2N3O/c1-19(2)5-6-20-13(11(15)8-18-20)14(21)10-4-3-9(16)7-12(10)17/h3-4,7-8,14,21H,5-6H2,1-2H3. The predicted octanol–water partition coefficient (Wildman–Crippen LogP) is 2.46. The van der Waals surface area contributed by atoms with Crippen molar-refractivity contribution in [2.24, 2.45) is 0 Å². The summed E-state index contributed by atoms with van der Waals surface area (Å²) in [6.07, 6.45) is 0.0970. The zero-order valence-corrected chi connectivity index (χ0v) is 12.5. The minimum Gasteiger partial charge on any atom is -0.382 e. The normalized spacial score (nSPS) is 12.9. The first-order valence-electron chi connectivity index (χ1n) is 6.39. The molecule has 7 heteroatoms. The summed E-state index contributed by atoms with van der Waals surface area (Å²) >= 11 is 6.04. The van der Waals surface area contributed by atoms with Crippen molar-refractivity contribution in [2.75, 3.05) is 20.6 Å². The van der Waals surface area contributed by atoms with Crippen LogP contribution >= 0.6 is 11.6 Å². The van der Waals surface area contributed by atoms with Gasteiger partial charge >= 0.3 is 0 Å². The lowest BCUT2D eigenvalue weighted by Crippen LogP contribution is -2.21. The van der Waals surface area contributed by atoms with Gasteiger partial charge in [0.15, 0.2) is 0 Å². The molecular formula is C14H16ClF2N3O. The zero-order chi connectivity index (χ0) is 15.6. The van der Waals surface area contributed by atoms with E-state index in [4.69, 9.17) is 11.6 Å². The molecule has 1 atom stereocenters. The van der Waals surface area contributed by atoms with Crippen molar-refractivity contribution >= 4 is 11.6 Å². The van der Waals surface area contributed by atoms with Gasteiger partial charge in [-0.2, -0.15) is 5.10 Å². The van der Waals surface area contributed by atoms with E-state index in [2.05, 4.69) is 5.10 Å². The van der Waals surface area contributed by atoms with Gasteiger partial charge in [0.25, 0.3) is 0 Å². The summed E-state index contributed by atoms with van der Waals surface area (Å²) in [6, 6.07) is 3.03. The van der Waals surface area contributed by atoms with E-state index in [1.807, 2.05) is 19.0 Å². The second-order valence-corrected chi connectivity index (χ2v) is 5.38. The molecule has 1 aromatic heterocycles. The van der Waals surface area contributed by atoms with Crippen molar-refractivity contribution in [2.45, 2.75) is 12.6 Å². The first-order valence-corrected chi connectivity index (χ1v) is 6.77. The van der Waals surface area contributed by atoms with Crippen LogP contribution in [0.5, 0.6) is 0 Å². The Hall–Kier alpha value is -1.50. The van der Waals surface area contributed by atoms with Gasteiger partial charge in [-0.25, -0.2) is 8.78 Å². The molecule has 0 radical (unpaired) electrons. The molecule has 114 valence electrons. The highest BCUT2D eigenvalue weighted by Gasteiger charge is 2.23. The van der Waals surface area contributed by atoms with Gasteiger partial charge < -0.3 is 10.0 Å². The lowest BCUT2D eigenvalue weighted by Gasteiger charge is -2.17. The molecule has 0 aliphatic carbocycles. The number of nitrogens with zero attached hydrogens (tertiary/aromatic N) is 3. The third-order valence-electron chi connectivity index (χ3n) is 3.11. The van der Waals surface area contributed by atoms with E-state index in [-0.39, 0.29) is 10.6 Å². The Morgan fingerprint density at radius 1 is 1.38 bits per heavy atom. The maximum Gasteiger partial charge on any atom is 0.132 e. The number of hydrogen-bond acceptors (Lipinski definition) is 3. The van der Waals surface area contributed by atoms with Crippen molar-refractivity contribution in [3.05, 3.63) is 52.3 Å². The largest absolute Gasteiger partial charge is 0.382 e. The monoisotopic (exact) mass is 315 g/mol. The van der Waals surface area contributed by atoms with Gasteiger partial charge in [-0.3, -0.25) is 4.68 Å². The number of aromatic nitrogens is 2. The maximum atomic E-state index is 13.8. The van der Waals surface area contributed by atoms with E-state index in [1.165, 1.54) is 16.9 Å². The fourth-order valence-electron chi connectivity index (χ4n) is 1.99. The van der Waals surface area contributed by atoms with Crippen LogP contribution in [0.1, 0.15) is 17.4 Å². The molecule has 0 saturated carbocycles. The van der Waals surface area contributed by atoms with Crippen molar-refractivity contribution in [1.82, 2.24) is 14.7 Å². The molecule has 21 heavy (non-hydrogen) atoms. The molecule has 0 bridgehead atoms. The molecule has 0 spiro atoms. The first-order chi connectivity index (χ1) is 9.90. The summed E-state index contributed by atoms with van der Waals surface area (Å²) < 4.78 is 28.3. The van der Waals surface area contributed by atoms with E-state index in [1.54, 1.807) is 0 Å². The first kappa shape index (κ1) is 15.9. The van der Waals surface area contributed by atoms with Crippen LogP contribution in [0.4, 0.5) is 8.78 Å². The van der Waals surface area contributed by atoms with Crippen LogP contribution in [0.2, 0.25) is 5.02 Å². The third-order valence-corrected chi connectivity index (χ3v) is 3.40. The molecule has 0 fully saturated rings. The number of rotatable bonds is 5. The Bertz CT molecular complexity index is 631. The predicted molar refractivity (Wildman–Crippen MR) is 76.2 cm³/mol. The Balaban J connectivity index is 2.34. The molecule has 2 aromatic rings. The van der Waals surface area contributed by atoms with E-state index >= 15 is 0 Å². The molecular weight excluding hydrogens is 300 g/mol. The second kappa shape index (κ2) is 6.51. The molecule has 2 rings (SSSR count). The van der Waals surface area contributed by atoms with Crippen molar-refractivity contribution in [1.29, 1.82) is 0 Å². The maximum absolute atomic E-state index is 13.8. The molecule has 1 N–H and O–H groups in total. The minimum atomic E-state index is -1.30. The van der Waals surface area contributed by atoms with Gasteiger partial charge in [-0.15, -0.1) is 0 Å². The highest BCUT2D eigenvalue weighted by atomic mass is 35.5. The van der Waals surface area contributed by atoms with Gasteiger partial charge in [-0.1, -0.05) is 17.7 Å². The third kappa shape index (κ3) is 3.58. The molecule has 0 amide bonds. The van der Waals surface area contributed by atoms with Crippen LogP contribution in [0.3, 0.4) is 0 Å². The van der Waals surface area contributed by atoms with Crippen LogP contribution in [0, 0.1) is 11.6 Å². The minimum absolute atomic E-state index is 0.0371. The van der Waals surface area contributed by atoms with Gasteiger partial charge in [-0.05, 0) is 20.2 Å². The van der Waals surface area contributed by atoms with Gasteiger partial charge in [0.2, 0.25) is 0 Å². The fraction of sp³-hybridized carbons (Fsp3) is 0.357. The van der Waals surface area contributed by atoms with Crippen LogP contribution in [-0.2, 0) is 6.54 Å². The van der Waals surface area contributed by atoms with Crippen molar-refractivity contribution in [3.8, 4) is 0 Å². The lowest BCUT2D eigenvalue weighted by molar-refractivity contribution is 0.200. The smallest absolute Gasteiger partial charge is 0.132 e. The molecule has 1 heterocycles. The second-order valence-electron chi connectivity index (χ2n) is 4.97. The molecule has 1 aromatic carbocycles. The Morgan fingerprint density at radius 2 is 2.10 bits per heavy atom. The van der Waals surface area contributed by atoms with E-state index in [9.17, 15) is 13.9 Å². The van der Waals surface area contributed by atoms with Crippen LogP contribution in [0.25, 0.3) is 0 Å². The van der Waals surface area contributed by atoms with Gasteiger partial charge in [0.05, 0.1) is 23.5 Å². The van der Waals surface area contributed by atoms with E-state index in [0.29, 0.717) is 18.8 Å². The Morgan fingerprint density at radius 3 is 2.71 bits per heavy atom. The highest BCUT2D eigenvalue weighted by Crippen LogP contribution is 2.29. The molecule has 4 nitrogen and oxygen atoms in total. The van der Waals surface area contributed by atoms with Crippen molar-refractivity contribution < 1.29 is 13.9 Å². The summed E-state index contributed by atoms with van der Waals surface area (Å²) in [7, 11) is 3.81. The Kier molecular flexibility index (Phi) is 4.92. The quantitative estimate of drug-likeness (QED) is 0.921. The van der Waals surface area contributed by atoms with Crippen LogP contribution in [-0.4, -0.2) is 40.4 Å². The number of likely N-dealkylation sites (N-methyl/N-ethyl adjacent to an activating group) is 1. The number of aliphatic hydroxyl groups is 1. The van der Waals surface area contributed by atoms with Crippen LogP contribution < -0.4 is 0 Å². The average Bonchev–Trinajstić information content (AvgIpc) is 2.77. The zero-order valence-electron chi connectivity index (χ0n) is 11.7. The van der Waals surface area contributed by atoms with Crippen LogP contribution in [0.15, 0.2) is 24.4 Å². The van der Waals surface area contributed by atoms with Gasteiger partial charge in [0, 0.05) is 18.2 Å². The van der Waals surface area contributed by atoms with Gasteiger partial charge in [0.1, 0.15) is 17.7 Å². The summed E-state index contributed by atoms with van der Waals surface area (Å²) in [6.45, 7) is 1.18. The average molecular weight is 316 g/mol. The van der Waals surface area contributed by atoms with E-state index < -0.39 is 17.7 Å². The Labute approximate surface area is 126 Å². The van der Waals surface area contributed by atoms with E-state index in [0.717, 1.165) is 12.1 Å². The topological polar surface area (TPSA) is 41.3 Å². The van der Waals surface area contributed by atoms with Crippen molar-refractivity contribution in [3.63, 3.8) is 0 Å². The summed E-state index contributed by atoms with van der Waals surface area (Å²) in [4.78, 5) is 1.95. The molecule has 1 unspecified atom stereocenters. The molecule has 0 aliphatic heterocycles.